The van der Waals surface area contributed by atoms with Crippen LogP contribution in [0.2, 0.25) is 0 Å². The summed E-state index contributed by atoms with van der Waals surface area (Å²) in [5.74, 6) is 0.158. The van der Waals surface area contributed by atoms with Crippen LogP contribution in [-0.4, -0.2) is 9.55 Å². The first-order valence-corrected chi connectivity index (χ1v) is 6.03. The fourth-order valence-corrected chi connectivity index (χ4v) is 2.02. The molecule has 0 aliphatic rings. The number of nitrogen functional groups attached to an aromatic ring is 1. The highest BCUT2D eigenvalue weighted by Crippen LogP contribution is 2.25. The number of halogens is 2. The molecule has 86 valence electrons. The second kappa shape index (κ2) is 4.41. The zero-order valence-corrected chi connectivity index (χ0v) is 10.6. The predicted molar refractivity (Wildman–Crippen MR) is 66.7 cm³/mol. The van der Waals surface area contributed by atoms with E-state index in [0.29, 0.717) is 10.4 Å². The fourth-order valence-electron chi connectivity index (χ4n) is 1.69. The maximum Gasteiger partial charge on any atom is 0.201 e. The number of hydrogen-bond donors (Lipinski definition) is 1. The summed E-state index contributed by atoms with van der Waals surface area (Å²) in [7, 11) is 0. The number of benzene rings is 1. The number of unbranched alkanes of at least 4 members (excludes halogenated alkanes) is 1. The van der Waals surface area contributed by atoms with E-state index in [2.05, 4.69) is 27.8 Å². The second-order valence-electron chi connectivity index (χ2n) is 3.73. The van der Waals surface area contributed by atoms with Gasteiger partial charge in [-0.1, -0.05) is 13.3 Å². The number of fused-ring (bicyclic) bond motifs is 1. The van der Waals surface area contributed by atoms with Crippen LogP contribution in [0.5, 0.6) is 0 Å². The molecule has 0 unspecified atom stereocenters. The predicted octanol–water partition coefficient (Wildman–Crippen LogP) is 3.32. The van der Waals surface area contributed by atoms with Crippen LogP contribution >= 0.6 is 15.9 Å². The molecule has 0 amide bonds. The van der Waals surface area contributed by atoms with Crippen molar-refractivity contribution in [3.05, 3.63) is 22.4 Å². The molecule has 1 heterocycles. The van der Waals surface area contributed by atoms with Crippen LogP contribution in [0.4, 0.5) is 10.3 Å². The van der Waals surface area contributed by atoms with Gasteiger partial charge in [0, 0.05) is 12.6 Å². The Labute approximate surface area is 102 Å². The zero-order chi connectivity index (χ0) is 11.7. The third-order valence-corrected chi connectivity index (χ3v) is 3.16. The highest BCUT2D eigenvalue weighted by atomic mass is 79.9. The minimum Gasteiger partial charge on any atom is -0.369 e. The summed E-state index contributed by atoms with van der Waals surface area (Å²) in [4.78, 5) is 4.21. The topological polar surface area (TPSA) is 43.8 Å². The third kappa shape index (κ3) is 1.91. The zero-order valence-electron chi connectivity index (χ0n) is 9.00. The second-order valence-corrected chi connectivity index (χ2v) is 4.58. The minimum atomic E-state index is -0.287. The Morgan fingerprint density at radius 3 is 2.94 bits per heavy atom. The lowest BCUT2D eigenvalue weighted by Gasteiger charge is -2.05. The quantitative estimate of drug-likeness (QED) is 0.940. The van der Waals surface area contributed by atoms with E-state index in [9.17, 15) is 4.39 Å². The molecule has 0 aliphatic carbocycles. The number of nitrogens with two attached hydrogens (primary N) is 1. The van der Waals surface area contributed by atoms with Crippen LogP contribution in [0.25, 0.3) is 11.0 Å². The number of aromatic nitrogens is 2. The van der Waals surface area contributed by atoms with Crippen molar-refractivity contribution in [3.63, 3.8) is 0 Å². The Balaban J connectivity index is 2.55. The van der Waals surface area contributed by atoms with Gasteiger partial charge < -0.3 is 10.3 Å². The monoisotopic (exact) mass is 285 g/mol. The molecule has 2 rings (SSSR count). The van der Waals surface area contributed by atoms with Crippen molar-refractivity contribution in [2.24, 2.45) is 0 Å². The van der Waals surface area contributed by atoms with Crippen molar-refractivity contribution in [3.8, 4) is 0 Å². The lowest BCUT2D eigenvalue weighted by atomic mass is 10.3. The normalized spacial score (nSPS) is 11.2. The molecule has 0 fully saturated rings. The van der Waals surface area contributed by atoms with Crippen molar-refractivity contribution >= 4 is 32.9 Å². The van der Waals surface area contributed by atoms with Crippen LogP contribution < -0.4 is 5.73 Å². The van der Waals surface area contributed by atoms with E-state index in [0.717, 1.165) is 30.4 Å². The average molecular weight is 286 g/mol. The Bertz CT molecular complexity index is 521. The first kappa shape index (κ1) is 11.4. The molecule has 0 atom stereocenters. The summed E-state index contributed by atoms with van der Waals surface area (Å²) in [6, 6.07) is 3.13. The fraction of sp³-hybridized carbons (Fsp3) is 0.364. The van der Waals surface area contributed by atoms with Crippen LogP contribution in [-0.2, 0) is 6.54 Å². The molecule has 16 heavy (non-hydrogen) atoms. The Kier molecular flexibility index (Phi) is 3.14. The number of hydrogen-bond acceptors (Lipinski definition) is 2. The van der Waals surface area contributed by atoms with Gasteiger partial charge in [0.25, 0.3) is 0 Å². The number of anilines is 1. The summed E-state index contributed by atoms with van der Waals surface area (Å²) in [5.41, 5.74) is 7.29. The lowest BCUT2D eigenvalue weighted by Crippen LogP contribution is -2.03. The van der Waals surface area contributed by atoms with Crippen molar-refractivity contribution in [2.45, 2.75) is 26.3 Å². The van der Waals surface area contributed by atoms with E-state index in [4.69, 9.17) is 5.73 Å². The van der Waals surface area contributed by atoms with Crippen molar-refractivity contribution < 1.29 is 4.39 Å². The number of rotatable bonds is 3. The maximum atomic E-state index is 13.4. The molecule has 2 aromatic rings. The molecule has 0 aliphatic heterocycles. The SMILES string of the molecule is CCCCn1c(N)nc2cc(Br)c(F)cc21. The highest BCUT2D eigenvalue weighted by molar-refractivity contribution is 9.10. The first-order valence-electron chi connectivity index (χ1n) is 5.24. The van der Waals surface area contributed by atoms with Crippen molar-refractivity contribution in [1.29, 1.82) is 0 Å². The first-order chi connectivity index (χ1) is 7.63. The molecule has 1 aromatic heterocycles. The standard InChI is InChI=1S/C11H13BrFN3/c1-2-3-4-16-10-6-8(13)7(12)5-9(10)15-11(16)14/h5-6H,2-4H2,1H3,(H2,14,15). The third-order valence-electron chi connectivity index (χ3n) is 2.56. The van der Waals surface area contributed by atoms with Gasteiger partial charge in [-0.3, -0.25) is 0 Å². The van der Waals surface area contributed by atoms with Gasteiger partial charge in [-0.2, -0.15) is 0 Å². The van der Waals surface area contributed by atoms with E-state index < -0.39 is 0 Å². The van der Waals surface area contributed by atoms with E-state index in [1.807, 2.05) is 4.57 Å². The van der Waals surface area contributed by atoms with Crippen molar-refractivity contribution in [2.75, 3.05) is 5.73 Å². The summed E-state index contributed by atoms with van der Waals surface area (Å²) in [5, 5.41) is 0. The number of nitrogens with zero attached hydrogens (tertiary/aromatic N) is 2. The minimum absolute atomic E-state index is 0.287. The van der Waals surface area contributed by atoms with Crippen LogP contribution in [0.15, 0.2) is 16.6 Å². The molecule has 0 saturated carbocycles. The molecule has 0 saturated heterocycles. The van der Waals surface area contributed by atoms with Gasteiger partial charge in [-0.25, -0.2) is 9.37 Å². The Morgan fingerprint density at radius 2 is 2.25 bits per heavy atom. The molecule has 2 N–H and O–H groups in total. The molecule has 1 aromatic carbocycles. The summed E-state index contributed by atoms with van der Waals surface area (Å²) < 4.78 is 15.7. The van der Waals surface area contributed by atoms with Gasteiger partial charge in [-0.15, -0.1) is 0 Å². The van der Waals surface area contributed by atoms with Crippen LogP contribution in [0.3, 0.4) is 0 Å². The molecule has 5 heteroatoms. The smallest absolute Gasteiger partial charge is 0.201 e. The molecular formula is C11H13BrFN3. The van der Waals surface area contributed by atoms with Gasteiger partial charge in [-0.05, 0) is 28.4 Å². The van der Waals surface area contributed by atoms with Gasteiger partial charge in [0.15, 0.2) is 0 Å². The van der Waals surface area contributed by atoms with Gasteiger partial charge >= 0.3 is 0 Å². The summed E-state index contributed by atoms with van der Waals surface area (Å²) in [6.45, 7) is 2.88. The van der Waals surface area contributed by atoms with E-state index in [-0.39, 0.29) is 5.82 Å². The number of imidazole rings is 1. The Morgan fingerprint density at radius 1 is 1.50 bits per heavy atom. The van der Waals surface area contributed by atoms with Crippen LogP contribution in [0, 0.1) is 5.82 Å². The maximum absolute atomic E-state index is 13.4. The van der Waals surface area contributed by atoms with Crippen LogP contribution in [0.1, 0.15) is 19.8 Å². The average Bonchev–Trinajstić information content (AvgIpc) is 2.52. The van der Waals surface area contributed by atoms with Crippen molar-refractivity contribution in [1.82, 2.24) is 9.55 Å². The number of aryl methyl sites for hydroxylation is 1. The highest BCUT2D eigenvalue weighted by Gasteiger charge is 2.10. The van der Waals surface area contributed by atoms with Gasteiger partial charge in [0.2, 0.25) is 5.95 Å². The van der Waals surface area contributed by atoms with E-state index >= 15 is 0 Å². The van der Waals surface area contributed by atoms with E-state index in [1.54, 1.807) is 6.07 Å². The van der Waals surface area contributed by atoms with Gasteiger partial charge in [0.1, 0.15) is 5.82 Å². The molecule has 3 nitrogen and oxygen atoms in total. The summed E-state index contributed by atoms with van der Waals surface area (Å²) in [6.07, 6.45) is 2.07. The molecule has 0 radical (unpaired) electrons. The Hall–Kier alpha value is -1.10. The largest absolute Gasteiger partial charge is 0.369 e. The molecule has 0 spiro atoms. The van der Waals surface area contributed by atoms with E-state index in [1.165, 1.54) is 6.07 Å². The molecule has 0 bridgehead atoms. The van der Waals surface area contributed by atoms with Gasteiger partial charge in [0.05, 0.1) is 15.5 Å². The summed E-state index contributed by atoms with van der Waals surface area (Å²) >= 11 is 3.14. The lowest BCUT2D eigenvalue weighted by molar-refractivity contribution is 0.618. The molecular weight excluding hydrogens is 273 g/mol.